The molecule has 0 spiro atoms. The van der Waals surface area contributed by atoms with E-state index in [4.69, 9.17) is 14.4 Å². The molecule has 1 amide bonds. The van der Waals surface area contributed by atoms with E-state index in [9.17, 15) is 4.79 Å². The predicted octanol–water partition coefficient (Wildman–Crippen LogP) is 5.56. The van der Waals surface area contributed by atoms with Gasteiger partial charge in [0.05, 0.1) is 6.07 Å². The van der Waals surface area contributed by atoms with Gasteiger partial charge in [-0.25, -0.2) is 0 Å². The number of carbonyl (C=O) groups is 1. The van der Waals surface area contributed by atoms with Crippen molar-refractivity contribution in [2.75, 3.05) is 6.54 Å². The van der Waals surface area contributed by atoms with E-state index < -0.39 is 0 Å². The summed E-state index contributed by atoms with van der Waals surface area (Å²) >= 11 is 0. The van der Waals surface area contributed by atoms with Crippen LogP contribution in [-0.4, -0.2) is 12.5 Å². The topological polar surface area (TPSA) is 75.3 Å². The molecule has 2 aromatic rings. The summed E-state index contributed by atoms with van der Waals surface area (Å²) < 4.78 is 11.5. The van der Waals surface area contributed by atoms with E-state index in [0.29, 0.717) is 24.3 Å². The van der Waals surface area contributed by atoms with Gasteiger partial charge in [-0.2, -0.15) is 5.26 Å². The van der Waals surface area contributed by atoms with Gasteiger partial charge in [0.15, 0.2) is 5.76 Å². The zero-order valence-electron chi connectivity index (χ0n) is 16.8. The number of hydrogen-bond donors (Lipinski definition) is 1. The molecule has 0 atom stereocenters. The van der Waals surface area contributed by atoms with Crippen LogP contribution in [0.15, 0.2) is 34.7 Å². The first-order valence-electron chi connectivity index (χ1n) is 10.0. The zero-order valence-corrected chi connectivity index (χ0v) is 16.8. The number of nitrogens with zero attached hydrogens (tertiary/aromatic N) is 1. The molecule has 0 unspecified atom stereocenters. The van der Waals surface area contributed by atoms with Gasteiger partial charge in [-0.05, 0) is 67.7 Å². The van der Waals surface area contributed by atoms with Crippen LogP contribution in [0.1, 0.15) is 67.1 Å². The van der Waals surface area contributed by atoms with E-state index in [1.165, 1.54) is 5.56 Å². The Morgan fingerprint density at radius 3 is 2.68 bits per heavy atom. The fraction of sp³-hybridized carbons (Fsp3) is 0.478. The second-order valence-corrected chi connectivity index (χ2v) is 7.96. The monoisotopic (exact) mass is 380 g/mol. The summed E-state index contributed by atoms with van der Waals surface area (Å²) in [6, 6.07) is 11.8. The Labute approximate surface area is 166 Å². The second kappa shape index (κ2) is 8.97. The third kappa shape index (κ3) is 4.95. The third-order valence-corrected chi connectivity index (χ3v) is 5.48. The number of nitrogens with one attached hydrogen (secondary N) is 1. The Hall–Kier alpha value is -2.74. The summed E-state index contributed by atoms with van der Waals surface area (Å²) in [5.74, 6) is 2.08. The minimum atomic E-state index is -0.232. The van der Waals surface area contributed by atoms with Crippen LogP contribution in [0.5, 0.6) is 11.7 Å². The first-order chi connectivity index (χ1) is 13.5. The zero-order chi connectivity index (χ0) is 20.1. The summed E-state index contributed by atoms with van der Waals surface area (Å²) in [4.78, 5) is 12.4. The van der Waals surface area contributed by atoms with Crippen LogP contribution in [0.25, 0.3) is 0 Å². The van der Waals surface area contributed by atoms with E-state index >= 15 is 0 Å². The molecule has 148 valence electrons. The van der Waals surface area contributed by atoms with Crippen molar-refractivity contribution in [3.63, 3.8) is 0 Å². The van der Waals surface area contributed by atoms with E-state index in [1.807, 2.05) is 19.1 Å². The fourth-order valence-electron chi connectivity index (χ4n) is 3.51. The first-order valence-corrected chi connectivity index (χ1v) is 10.0. The van der Waals surface area contributed by atoms with E-state index in [1.54, 1.807) is 12.1 Å². The van der Waals surface area contributed by atoms with Crippen LogP contribution in [0, 0.1) is 30.1 Å². The van der Waals surface area contributed by atoms with Gasteiger partial charge in [0, 0.05) is 18.5 Å². The highest BCUT2D eigenvalue weighted by atomic mass is 16.6. The highest BCUT2D eigenvalue weighted by Crippen LogP contribution is 2.30. The van der Waals surface area contributed by atoms with Gasteiger partial charge < -0.3 is 14.5 Å². The number of benzene rings is 1. The molecule has 0 bridgehead atoms. The van der Waals surface area contributed by atoms with Crippen LogP contribution in [0.2, 0.25) is 0 Å². The lowest BCUT2D eigenvalue weighted by Gasteiger charge is -2.24. The van der Waals surface area contributed by atoms with Crippen molar-refractivity contribution in [2.24, 2.45) is 11.8 Å². The molecule has 1 aliphatic rings. The highest BCUT2D eigenvalue weighted by Gasteiger charge is 2.22. The number of aryl methyl sites for hydroxylation is 1. The van der Waals surface area contributed by atoms with Crippen molar-refractivity contribution in [3.05, 3.63) is 47.2 Å². The fourth-order valence-corrected chi connectivity index (χ4v) is 3.51. The number of furan rings is 1. The molecule has 1 aromatic carbocycles. The minimum Gasteiger partial charge on any atom is -0.426 e. The maximum atomic E-state index is 12.4. The van der Waals surface area contributed by atoms with Gasteiger partial charge in [-0.3, -0.25) is 4.79 Å². The van der Waals surface area contributed by atoms with Crippen molar-refractivity contribution in [2.45, 2.75) is 52.4 Å². The van der Waals surface area contributed by atoms with Gasteiger partial charge in [0.2, 0.25) is 0 Å². The number of amides is 1. The normalized spacial score (nSPS) is 19.2. The Balaban J connectivity index is 1.56. The third-order valence-electron chi connectivity index (χ3n) is 5.48. The summed E-state index contributed by atoms with van der Waals surface area (Å²) in [5, 5.41) is 11.9. The summed E-state index contributed by atoms with van der Waals surface area (Å²) in [6.07, 6.45) is 3.81. The lowest BCUT2D eigenvalue weighted by atomic mass is 9.83. The Morgan fingerprint density at radius 2 is 2.00 bits per heavy atom. The number of ether oxygens (including phenoxy) is 1. The van der Waals surface area contributed by atoms with Gasteiger partial charge >= 0.3 is 0 Å². The molecule has 1 saturated carbocycles. The minimum absolute atomic E-state index is 0.175. The van der Waals surface area contributed by atoms with Crippen molar-refractivity contribution in [1.29, 1.82) is 5.26 Å². The van der Waals surface area contributed by atoms with Crippen molar-refractivity contribution in [3.8, 4) is 17.8 Å². The molecular weight excluding hydrogens is 352 g/mol. The van der Waals surface area contributed by atoms with Crippen molar-refractivity contribution >= 4 is 5.91 Å². The van der Waals surface area contributed by atoms with Gasteiger partial charge in [0.1, 0.15) is 5.75 Å². The largest absolute Gasteiger partial charge is 0.426 e. The molecule has 0 saturated heterocycles. The van der Waals surface area contributed by atoms with Crippen LogP contribution < -0.4 is 10.1 Å². The lowest BCUT2D eigenvalue weighted by molar-refractivity contribution is 0.0909. The highest BCUT2D eigenvalue weighted by molar-refractivity contribution is 5.91. The molecule has 1 aliphatic carbocycles. The molecule has 5 heteroatoms. The summed E-state index contributed by atoms with van der Waals surface area (Å²) in [6.45, 7) is 6.87. The Kier molecular flexibility index (Phi) is 6.41. The smallest absolute Gasteiger partial charge is 0.290 e. The predicted molar refractivity (Wildman–Crippen MR) is 107 cm³/mol. The maximum Gasteiger partial charge on any atom is 0.290 e. The summed E-state index contributed by atoms with van der Waals surface area (Å²) in [5.41, 5.74) is 2.20. The SMILES string of the molecule is Cc1ccc(C(C)C)cc1Oc1ccc(C(=O)NCC2CCC(C#N)CC2)o1. The molecule has 1 aromatic heterocycles. The number of carbonyl (C=O) groups excluding carboxylic acids is 1. The Morgan fingerprint density at radius 1 is 1.25 bits per heavy atom. The molecular formula is C23H28N2O3. The molecule has 1 fully saturated rings. The standard InChI is InChI=1S/C23H28N2O3/c1-15(2)19-9-4-16(3)21(12-19)28-22-11-10-20(27-22)23(26)25-14-18-7-5-17(13-24)6-8-18/h4,9-12,15,17-18H,5-8,14H2,1-3H3,(H,25,26). The quantitative estimate of drug-likeness (QED) is 0.711. The number of nitriles is 1. The molecule has 0 aliphatic heterocycles. The molecule has 1 heterocycles. The van der Waals surface area contributed by atoms with E-state index in [-0.39, 0.29) is 17.6 Å². The second-order valence-electron chi connectivity index (χ2n) is 7.96. The summed E-state index contributed by atoms with van der Waals surface area (Å²) in [7, 11) is 0. The molecule has 0 radical (unpaired) electrons. The lowest BCUT2D eigenvalue weighted by Crippen LogP contribution is -2.30. The molecule has 1 N–H and O–H groups in total. The number of hydrogen-bond acceptors (Lipinski definition) is 4. The van der Waals surface area contributed by atoms with Gasteiger partial charge in [-0.1, -0.05) is 26.0 Å². The van der Waals surface area contributed by atoms with Crippen LogP contribution in [-0.2, 0) is 0 Å². The van der Waals surface area contributed by atoms with Crippen molar-refractivity contribution < 1.29 is 13.9 Å². The van der Waals surface area contributed by atoms with Crippen molar-refractivity contribution in [1.82, 2.24) is 5.32 Å². The van der Waals surface area contributed by atoms with E-state index in [0.717, 1.165) is 37.0 Å². The van der Waals surface area contributed by atoms with Gasteiger partial charge in [-0.15, -0.1) is 0 Å². The first kappa shape index (κ1) is 20.0. The van der Waals surface area contributed by atoms with Crippen LogP contribution in [0.3, 0.4) is 0 Å². The molecule has 28 heavy (non-hydrogen) atoms. The van der Waals surface area contributed by atoms with Gasteiger partial charge in [0.25, 0.3) is 11.9 Å². The Bertz CT molecular complexity index is 855. The average Bonchev–Trinajstić information content (AvgIpc) is 3.16. The van der Waals surface area contributed by atoms with E-state index in [2.05, 4.69) is 31.3 Å². The number of rotatable bonds is 6. The average molecular weight is 380 g/mol. The maximum absolute atomic E-state index is 12.4. The van der Waals surface area contributed by atoms with Crippen LogP contribution in [0.4, 0.5) is 0 Å². The van der Waals surface area contributed by atoms with Crippen LogP contribution >= 0.6 is 0 Å². The molecule has 3 rings (SSSR count). The molecule has 5 nitrogen and oxygen atoms in total.